The molecule has 25 heavy (non-hydrogen) atoms. The molecule has 0 unspecified atom stereocenters. The van der Waals surface area contributed by atoms with Crippen molar-refractivity contribution in [2.75, 3.05) is 7.05 Å². The second-order valence-corrected chi connectivity index (χ2v) is 6.42. The molecule has 1 aliphatic rings. The van der Waals surface area contributed by atoms with E-state index in [4.69, 9.17) is 0 Å². The van der Waals surface area contributed by atoms with Crippen molar-refractivity contribution >= 4 is 17.7 Å². The molecule has 0 saturated heterocycles. The van der Waals surface area contributed by atoms with Gasteiger partial charge in [-0.05, 0) is 26.0 Å². The second-order valence-electron chi connectivity index (χ2n) is 6.42. The fourth-order valence-corrected chi connectivity index (χ4v) is 3.06. The predicted molar refractivity (Wildman–Crippen MR) is 90.8 cm³/mol. The third-order valence-electron chi connectivity index (χ3n) is 4.37. The van der Waals surface area contributed by atoms with E-state index in [0.717, 1.165) is 16.0 Å². The van der Waals surface area contributed by atoms with Crippen molar-refractivity contribution in [2.24, 2.45) is 7.05 Å². The summed E-state index contributed by atoms with van der Waals surface area (Å²) < 4.78 is 1.66. The Labute approximate surface area is 145 Å². The maximum absolute atomic E-state index is 12.7. The van der Waals surface area contributed by atoms with Gasteiger partial charge in [0.1, 0.15) is 6.04 Å². The minimum atomic E-state index is -0.866. The van der Waals surface area contributed by atoms with Crippen LogP contribution in [0.4, 0.5) is 0 Å². The highest BCUT2D eigenvalue weighted by Gasteiger charge is 2.41. The van der Waals surface area contributed by atoms with Crippen molar-refractivity contribution in [3.8, 4) is 0 Å². The summed E-state index contributed by atoms with van der Waals surface area (Å²) in [6.07, 6.45) is 3.50. The van der Waals surface area contributed by atoms with E-state index >= 15 is 0 Å². The van der Waals surface area contributed by atoms with Crippen molar-refractivity contribution < 1.29 is 14.4 Å². The van der Waals surface area contributed by atoms with Crippen LogP contribution in [0, 0.1) is 6.92 Å². The van der Waals surface area contributed by atoms with Crippen molar-refractivity contribution in [2.45, 2.75) is 26.4 Å². The van der Waals surface area contributed by atoms with E-state index in [0.29, 0.717) is 17.7 Å². The summed E-state index contributed by atoms with van der Waals surface area (Å²) in [5.74, 6) is -1.13. The van der Waals surface area contributed by atoms with Gasteiger partial charge in [-0.15, -0.1) is 0 Å². The van der Waals surface area contributed by atoms with Gasteiger partial charge in [0.15, 0.2) is 0 Å². The number of carbonyl (C=O) groups excluding carboxylic acids is 3. The average molecular weight is 340 g/mol. The van der Waals surface area contributed by atoms with Crippen LogP contribution in [0.3, 0.4) is 0 Å². The molecule has 0 aliphatic carbocycles. The van der Waals surface area contributed by atoms with Crippen LogP contribution in [0.15, 0.2) is 30.6 Å². The molecule has 1 aromatic carbocycles. The monoisotopic (exact) mass is 340 g/mol. The molecule has 1 aliphatic heterocycles. The Hall–Kier alpha value is -2.96. The van der Waals surface area contributed by atoms with Crippen LogP contribution in [-0.4, -0.2) is 50.4 Å². The summed E-state index contributed by atoms with van der Waals surface area (Å²) in [5, 5.41) is 4.07. The SMILES string of the molecule is Cc1ccc2c(c1)C(=O)N([C@H](C)C(=O)N(C)Cc1cnn(C)c1)C2=O. The Balaban J connectivity index is 1.78. The first kappa shape index (κ1) is 16.9. The highest BCUT2D eigenvalue weighted by Crippen LogP contribution is 2.26. The van der Waals surface area contributed by atoms with E-state index in [2.05, 4.69) is 5.10 Å². The molecule has 0 spiro atoms. The van der Waals surface area contributed by atoms with Gasteiger partial charge < -0.3 is 4.90 Å². The lowest BCUT2D eigenvalue weighted by Gasteiger charge is -2.26. The lowest BCUT2D eigenvalue weighted by Crippen LogP contribution is -2.48. The Morgan fingerprint density at radius 1 is 1.24 bits per heavy atom. The average Bonchev–Trinajstić information content (AvgIpc) is 3.08. The molecule has 7 heteroatoms. The predicted octanol–water partition coefficient (Wildman–Crippen LogP) is 1.37. The molecular formula is C18H20N4O3. The normalized spacial score (nSPS) is 14.6. The van der Waals surface area contributed by atoms with Crippen LogP contribution in [0.2, 0.25) is 0 Å². The molecular weight excluding hydrogens is 320 g/mol. The van der Waals surface area contributed by atoms with Gasteiger partial charge in [0.25, 0.3) is 11.8 Å². The largest absolute Gasteiger partial charge is 0.340 e. The van der Waals surface area contributed by atoms with Crippen LogP contribution in [-0.2, 0) is 18.4 Å². The first-order chi connectivity index (χ1) is 11.8. The summed E-state index contributed by atoms with van der Waals surface area (Å²) in [4.78, 5) is 40.4. The Kier molecular flexibility index (Phi) is 4.16. The summed E-state index contributed by atoms with van der Waals surface area (Å²) >= 11 is 0. The zero-order valence-electron chi connectivity index (χ0n) is 14.7. The quantitative estimate of drug-likeness (QED) is 0.788. The maximum atomic E-state index is 12.7. The summed E-state index contributed by atoms with van der Waals surface area (Å²) in [5.41, 5.74) is 2.49. The lowest BCUT2D eigenvalue weighted by molar-refractivity contribution is -0.134. The number of fused-ring (bicyclic) bond motifs is 1. The van der Waals surface area contributed by atoms with E-state index in [1.165, 1.54) is 4.90 Å². The second kappa shape index (κ2) is 6.16. The number of benzene rings is 1. The number of hydrogen-bond donors (Lipinski definition) is 0. The third kappa shape index (κ3) is 2.93. The van der Waals surface area contributed by atoms with Crippen LogP contribution in [0.1, 0.15) is 38.8 Å². The molecule has 2 heterocycles. The van der Waals surface area contributed by atoms with Gasteiger partial charge in [0.2, 0.25) is 5.91 Å². The minimum Gasteiger partial charge on any atom is -0.340 e. The van der Waals surface area contributed by atoms with Crippen molar-refractivity contribution in [1.82, 2.24) is 19.6 Å². The summed E-state index contributed by atoms with van der Waals surface area (Å²) in [6.45, 7) is 3.80. The van der Waals surface area contributed by atoms with E-state index in [1.54, 1.807) is 50.1 Å². The van der Waals surface area contributed by atoms with Crippen molar-refractivity contribution in [3.05, 3.63) is 52.8 Å². The van der Waals surface area contributed by atoms with Gasteiger partial charge >= 0.3 is 0 Å². The molecule has 0 N–H and O–H groups in total. The fraction of sp³-hybridized carbons (Fsp3) is 0.333. The van der Waals surface area contributed by atoms with Gasteiger partial charge in [0, 0.05) is 32.4 Å². The Bertz CT molecular complexity index is 871. The van der Waals surface area contributed by atoms with Crippen LogP contribution in [0.25, 0.3) is 0 Å². The van der Waals surface area contributed by atoms with Gasteiger partial charge in [-0.1, -0.05) is 11.6 Å². The highest BCUT2D eigenvalue weighted by atomic mass is 16.2. The number of carbonyl (C=O) groups is 3. The number of hydrogen-bond acceptors (Lipinski definition) is 4. The van der Waals surface area contributed by atoms with Gasteiger partial charge in [-0.25, -0.2) is 0 Å². The zero-order valence-corrected chi connectivity index (χ0v) is 14.7. The highest BCUT2D eigenvalue weighted by molar-refractivity contribution is 6.22. The number of aromatic nitrogens is 2. The molecule has 1 aromatic heterocycles. The topological polar surface area (TPSA) is 75.5 Å². The molecule has 0 saturated carbocycles. The number of rotatable bonds is 4. The number of nitrogens with zero attached hydrogens (tertiary/aromatic N) is 4. The number of aryl methyl sites for hydroxylation is 2. The molecule has 130 valence electrons. The molecule has 7 nitrogen and oxygen atoms in total. The maximum Gasteiger partial charge on any atom is 0.262 e. The minimum absolute atomic E-state index is 0.296. The van der Waals surface area contributed by atoms with Crippen molar-refractivity contribution in [1.29, 1.82) is 0 Å². The number of imide groups is 1. The van der Waals surface area contributed by atoms with Crippen LogP contribution >= 0.6 is 0 Å². The first-order valence-corrected chi connectivity index (χ1v) is 8.00. The molecule has 2 aromatic rings. The molecule has 3 rings (SSSR count). The van der Waals surface area contributed by atoms with E-state index in [-0.39, 0.29) is 5.91 Å². The summed E-state index contributed by atoms with van der Waals surface area (Å²) in [6, 6.07) is 4.25. The lowest BCUT2D eigenvalue weighted by atomic mass is 10.1. The standard InChI is InChI=1S/C18H20N4O3/c1-11-5-6-14-15(7-11)18(25)22(17(14)24)12(2)16(23)20(3)9-13-8-19-21(4)10-13/h5-8,10,12H,9H2,1-4H3/t12-/m1/s1. The Morgan fingerprint density at radius 3 is 2.56 bits per heavy atom. The third-order valence-corrected chi connectivity index (χ3v) is 4.37. The van der Waals surface area contributed by atoms with Crippen LogP contribution in [0.5, 0.6) is 0 Å². The molecule has 0 radical (unpaired) electrons. The van der Waals surface area contributed by atoms with Crippen molar-refractivity contribution in [3.63, 3.8) is 0 Å². The van der Waals surface area contributed by atoms with Gasteiger partial charge in [-0.2, -0.15) is 5.10 Å². The van der Waals surface area contributed by atoms with Gasteiger partial charge in [0.05, 0.1) is 17.3 Å². The number of amides is 3. The first-order valence-electron chi connectivity index (χ1n) is 8.00. The fourth-order valence-electron chi connectivity index (χ4n) is 3.06. The number of likely N-dealkylation sites (N-methyl/N-ethyl adjacent to an activating group) is 1. The van der Waals surface area contributed by atoms with E-state index < -0.39 is 17.9 Å². The molecule has 0 fully saturated rings. The molecule has 1 atom stereocenters. The van der Waals surface area contributed by atoms with Gasteiger partial charge in [-0.3, -0.25) is 24.0 Å². The van der Waals surface area contributed by atoms with Crippen LogP contribution < -0.4 is 0 Å². The Morgan fingerprint density at radius 2 is 1.92 bits per heavy atom. The molecule has 3 amide bonds. The summed E-state index contributed by atoms with van der Waals surface area (Å²) in [7, 11) is 3.45. The van der Waals surface area contributed by atoms with E-state index in [9.17, 15) is 14.4 Å². The molecule has 0 bridgehead atoms. The van der Waals surface area contributed by atoms with E-state index in [1.807, 2.05) is 13.1 Å². The smallest absolute Gasteiger partial charge is 0.262 e. The zero-order chi connectivity index (χ0) is 18.3.